The Kier molecular flexibility index (Phi) is 4.81. The molecular formula is C14H17ClNO2+. The number of furan rings is 1. The fourth-order valence-electron chi connectivity index (χ4n) is 1.73. The van der Waals surface area contributed by atoms with Crippen molar-refractivity contribution in [1.82, 2.24) is 0 Å². The molecule has 18 heavy (non-hydrogen) atoms. The van der Waals surface area contributed by atoms with Crippen LogP contribution in [0.5, 0.6) is 0 Å². The van der Waals surface area contributed by atoms with E-state index < -0.39 is 0 Å². The summed E-state index contributed by atoms with van der Waals surface area (Å²) in [6.07, 6.45) is 0. The maximum Gasteiger partial charge on any atom is 0.158 e. The molecule has 0 aliphatic heterocycles. The lowest BCUT2D eigenvalue weighted by Crippen LogP contribution is -2.83. The van der Waals surface area contributed by atoms with Crippen LogP contribution in [-0.2, 0) is 11.3 Å². The molecule has 1 aromatic heterocycles. The lowest BCUT2D eigenvalue weighted by Gasteiger charge is -1.99. The van der Waals surface area contributed by atoms with E-state index in [9.17, 15) is 0 Å². The first kappa shape index (κ1) is 13.1. The van der Waals surface area contributed by atoms with Gasteiger partial charge < -0.3 is 14.5 Å². The van der Waals surface area contributed by atoms with Gasteiger partial charge in [-0.15, -0.1) is 0 Å². The van der Waals surface area contributed by atoms with Crippen molar-refractivity contribution in [1.29, 1.82) is 0 Å². The number of quaternary nitrogens is 1. The normalized spacial score (nSPS) is 10.8. The Balaban J connectivity index is 1.97. The molecule has 2 aromatic rings. The number of nitrogens with two attached hydrogens (primary N) is 1. The lowest BCUT2D eigenvalue weighted by molar-refractivity contribution is -0.673. The van der Waals surface area contributed by atoms with E-state index in [1.807, 2.05) is 36.4 Å². The molecule has 1 aromatic carbocycles. The number of rotatable bonds is 6. The van der Waals surface area contributed by atoms with Gasteiger partial charge in [-0.2, -0.15) is 0 Å². The van der Waals surface area contributed by atoms with Crippen molar-refractivity contribution in [2.45, 2.75) is 6.54 Å². The summed E-state index contributed by atoms with van der Waals surface area (Å²) in [5, 5.41) is 2.88. The van der Waals surface area contributed by atoms with Crippen LogP contribution < -0.4 is 5.32 Å². The predicted molar refractivity (Wildman–Crippen MR) is 71.5 cm³/mol. The zero-order chi connectivity index (χ0) is 12.8. The number of benzene rings is 1. The third-order valence-corrected chi connectivity index (χ3v) is 2.88. The molecule has 0 amide bonds. The van der Waals surface area contributed by atoms with Crippen LogP contribution in [-0.4, -0.2) is 20.3 Å². The van der Waals surface area contributed by atoms with Crippen LogP contribution in [0, 0.1) is 0 Å². The number of hydrogen-bond donors (Lipinski definition) is 1. The van der Waals surface area contributed by atoms with E-state index in [-0.39, 0.29) is 0 Å². The molecule has 2 N–H and O–H groups in total. The van der Waals surface area contributed by atoms with Crippen LogP contribution in [0.25, 0.3) is 11.3 Å². The molecular weight excluding hydrogens is 250 g/mol. The Morgan fingerprint density at radius 3 is 2.94 bits per heavy atom. The maximum atomic E-state index is 5.96. The smallest absolute Gasteiger partial charge is 0.158 e. The third kappa shape index (κ3) is 3.60. The zero-order valence-electron chi connectivity index (χ0n) is 10.4. The Bertz CT molecular complexity index is 496. The molecule has 0 aliphatic rings. The van der Waals surface area contributed by atoms with Gasteiger partial charge >= 0.3 is 0 Å². The summed E-state index contributed by atoms with van der Waals surface area (Å²) in [6.45, 7) is 2.51. The van der Waals surface area contributed by atoms with Gasteiger partial charge in [-0.25, -0.2) is 0 Å². The minimum Gasteiger partial charge on any atom is -0.455 e. The van der Waals surface area contributed by atoms with E-state index in [2.05, 4.69) is 5.32 Å². The van der Waals surface area contributed by atoms with E-state index in [1.54, 1.807) is 7.11 Å². The van der Waals surface area contributed by atoms with Gasteiger partial charge in [-0.3, -0.25) is 0 Å². The molecule has 0 spiro atoms. The Morgan fingerprint density at radius 1 is 1.28 bits per heavy atom. The second-order valence-corrected chi connectivity index (χ2v) is 4.49. The maximum absolute atomic E-state index is 5.96. The Hall–Kier alpha value is -1.29. The van der Waals surface area contributed by atoms with Gasteiger partial charge in [0.25, 0.3) is 0 Å². The summed E-state index contributed by atoms with van der Waals surface area (Å²) >= 11 is 5.96. The Morgan fingerprint density at radius 2 is 2.17 bits per heavy atom. The average Bonchev–Trinajstić information content (AvgIpc) is 2.83. The molecule has 0 unspecified atom stereocenters. The van der Waals surface area contributed by atoms with Crippen LogP contribution in [0.15, 0.2) is 40.8 Å². The first-order chi connectivity index (χ1) is 8.79. The molecule has 0 radical (unpaired) electrons. The fourth-order valence-corrected chi connectivity index (χ4v) is 1.92. The summed E-state index contributed by atoms with van der Waals surface area (Å²) in [7, 11) is 1.71. The van der Waals surface area contributed by atoms with Crippen molar-refractivity contribution in [3.05, 3.63) is 47.2 Å². The topological polar surface area (TPSA) is 39.0 Å². The molecule has 0 atom stereocenters. The largest absolute Gasteiger partial charge is 0.455 e. The van der Waals surface area contributed by atoms with Gasteiger partial charge in [0.15, 0.2) is 5.76 Å². The molecule has 0 bridgehead atoms. The van der Waals surface area contributed by atoms with Crippen LogP contribution in [0.4, 0.5) is 0 Å². The monoisotopic (exact) mass is 266 g/mol. The molecule has 4 heteroatoms. The molecule has 3 nitrogen and oxygen atoms in total. The van der Waals surface area contributed by atoms with E-state index in [1.165, 1.54) is 0 Å². The van der Waals surface area contributed by atoms with Crippen molar-refractivity contribution in [2.75, 3.05) is 20.3 Å². The van der Waals surface area contributed by atoms with Gasteiger partial charge in [0.2, 0.25) is 0 Å². The molecule has 2 rings (SSSR count). The Labute approximate surface area is 112 Å². The van der Waals surface area contributed by atoms with Crippen LogP contribution in [0.2, 0.25) is 5.02 Å². The molecule has 0 saturated carbocycles. The summed E-state index contributed by atoms with van der Waals surface area (Å²) in [5.41, 5.74) is 1.01. The highest BCUT2D eigenvalue weighted by Gasteiger charge is 2.06. The highest BCUT2D eigenvalue weighted by atomic mass is 35.5. The van der Waals surface area contributed by atoms with Crippen molar-refractivity contribution >= 4 is 11.6 Å². The molecule has 96 valence electrons. The number of ether oxygens (including phenoxy) is 1. The van der Waals surface area contributed by atoms with Crippen molar-refractivity contribution in [3.8, 4) is 11.3 Å². The van der Waals surface area contributed by atoms with E-state index in [4.69, 9.17) is 20.8 Å². The predicted octanol–water partition coefficient (Wildman–Crippen LogP) is 2.31. The van der Waals surface area contributed by atoms with E-state index >= 15 is 0 Å². The molecule has 0 fully saturated rings. The number of hydrogen-bond acceptors (Lipinski definition) is 2. The van der Waals surface area contributed by atoms with Crippen molar-refractivity contribution in [2.24, 2.45) is 0 Å². The molecule has 0 aliphatic carbocycles. The van der Waals surface area contributed by atoms with Crippen LogP contribution in [0.1, 0.15) is 5.76 Å². The quantitative estimate of drug-likeness (QED) is 0.815. The van der Waals surface area contributed by atoms with Crippen LogP contribution >= 0.6 is 11.6 Å². The molecule has 0 saturated heterocycles. The average molecular weight is 267 g/mol. The minimum absolute atomic E-state index is 0.720. The van der Waals surface area contributed by atoms with Crippen molar-refractivity contribution < 1.29 is 14.5 Å². The summed E-state index contributed by atoms with van der Waals surface area (Å²) < 4.78 is 10.8. The van der Waals surface area contributed by atoms with E-state index in [0.717, 1.165) is 41.8 Å². The lowest BCUT2D eigenvalue weighted by atomic mass is 10.2. The van der Waals surface area contributed by atoms with Gasteiger partial charge in [-0.05, 0) is 24.3 Å². The number of halogens is 1. The fraction of sp³-hybridized carbons (Fsp3) is 0.286. The van der Waals surface area contributed by atoms with Gasteiger partial charge in [0.1, 0.15) is 12.3 Å². The van der Waals surface area contributed by atoms with E-state index in [0.29, 0.717) is 0 Å². The summed E-state index contributed by atoms with van der Waals surface area (Å²) in [4.78, 5) is 0. The van der Waals surface area contributed by atoms with Gasteiger partial charge in [0, 0.05) is 17.7 Å². The van der Waals surface area contributed by atoms with Crippen LogP contribution in [0.3, 0.4) is 0 Å². The van der Waals surface area contributed by atoms with Crippen molar-refractivity contribution in [3.63, 3.8) is 0 Å². The van der Waals surface area contributed by atoms with Gasteiger partial charge in [-0.1, -0.05) is 23.7 Å². The number of methoxy groups -OCH3 is 1. The third-order valence-electron chi connectivity index (χ3n) is 2.64. The second kappa shape index (κ2) is 6.59. The highest BCUT2D eigenvalue weighted by Crippen LogP contribution is 2.24. The summed E-state index contributed by atoms with van der Waals surface area (Å²) in [5.74, 6) is 1.81. The summed E-state index contributed by atoms with van der Waals surface area (Å²) in [6, 6.07) is 11.6. The SMILES string of the molecule is COCC[NH2+]Cc1ccc(-c2cccc(Cl)c2)o1. The highest BCUT2D eigenvalue weighted by molar-refractivity contribution is 6.30. The molecule has 1 heterocycles. The zero-order valence-corrected chi connectivity index (χ0v) is 11.1. The first-order valence-corrected chi connectivity index (χ1v) is 6.32. The standard InChI is InChI=1S/C14H16ClNO2/c1-17-8-7-16-10-13-5-6-14(18-13)11-3-2-4-12(15)9-11/h2-6,9,16H,7-8,10H2,1H3/p+1. The second-order valence-electron chi connectivity index (χ2n) is 4.05. The van der Waals surface area contributed by atoms with Gasteiger partial charge in [0.05, 0.1) is 13.2 Å². The first-order valence-electron chi connectivity index (χ1n) is 5.95. The minimum atomic E-state index is 0.720.